The number of nitrogens with one attached hydrogen (secondary N) is 2. The molecule has 0 saturated heterocycles. The van der Waals surface area contributed by atoms with Crippen molar-refractivity contribution in [1.82, 2.24) is 5.32 Å². The van der Waals surface area contributed by atoms with E-state index in [-0.39, 0.29) is 17.1 Å². The summed E-state index contributed by atoms with van der Waals surface area (Å²) in [6.07, 6.45) is 0. The minimum Gasteiger partial charge on any atom is -0.454 e. The number of amides is 2. The van der Waals surface area contributed by atoms with Crippen molar-refractivity contribution in [1.29, 1.82) is 0 Å². The topological polar surface area (TPSA) is 84.5 Å². The van der Waals surface area contributed by atoms with Crippen molar-refractivity contribution in [2.75, 3.05) is 18.5 Å². The lowest BCUT2D eigenvalue weighted by atomic mass is 10.1. The first kappa shape index (κ1) is 19.5. The van der Waals surface area contributed by atoms with Crippen LogP contribution in [0, 0.1) is 13.8 Å². The van der Waals surface area contributed by atoms with Crippen LogP contribution < -0.4 is 10.6 Å². The molecule has 6 nitrogen and oxygen atoms in total. The third-order valence-corrected chi connectivity index (χ3v) is 3.87. The Kier molecular flexibility index (Phi) is 6.74. The van der Waals surface area contributed by atoms with Crippen LogP contribution in [-0.2, 0) is 14.3 Å². The molecule has 0 spiro atoms. The highest BCUT2D eigenvalue weighted by Crippen LogP contribution is 2.16. The van der Waals surface area contributed by atoms with Crippen molar-refractivity contribution in [3.05, 3.63) is 64.2 Å². The summed E-state index contributed by atoms with van der Waals surface area (Å²) < 4.78 is 4.86. The molecule has 0 atom stereocenters. The molecule has 26 heavy (non-hydrogen) atoms. The van der Waals surface area contributed by atoms with Gasteiger partial charge in [0.2, 0.25) is 0 Å². The van der Waals surface area contributed by atoms with Gasteiger partial charge in [-0.15, -0.1) is 0 Å². The maximum atomic E-state index is 11.9. The average molecular weight is 375 g/mol. The Labute approximate surface area is 156 Å². The second-order valence-electron chi connectivity index (χ2n) is 5.69. The molecule has 0 heterocycles. The molecule has 2 amide bonds. The van der Waals surface area contributed by atoms with E-state index in [1.54, 1.807) is 24.3 Å². The number of carbonyl (C=O) groups is 3. The van der Waals surface area contributed by atoms with Gasteiger partial charge in [0.25, 0.3) is 11.8 Å². The highest BCUT2D eigenvalue weighted by atomic mass is 35.5. The summed E-state index contributed by atoms with van der Waals surface area (Å²) in [4.78, 5) is 35.5. The number of anilines is 1. The third kappa shape index (κ3) is 5.60. The first-order valence-electron chi connectivity index (χ1n) is 7.92. The summed E-state index contributed by atoms with van der Waals surface area (Å²) in [5, 5.41) is 5.37. The SMILES string of the molecule is Cc1ccc(C)c(NC(=O)COC(=O)CNC(=O)c2ccccc2Cl)c1. The van der Waals surface area contributed by atoms with Crippen LogP contribution in [0.4, 0.5) is 5.69 Å². The minimum absolute atomic E-state index is 0.259. The molecule has 0 unspecified atom stereocenters. The molecule has 0 aliphatic heterocycles. The first-order chi connectivity index (χ1) is 12.4. The lowest BCUT2D eigenvalue weighted by molar-refractivity contribution is -0.146. The van der Waals surface area contributed by atoms with Crippen LogP contribution in [0.1, 0.15) is 21.5 Å². The van der Waals surface area contributed by atoms with Gasteiger partial charge in [-0.3, -0.25) is 14.4 Å². The van der Waals surface area contributed by atoms with Gasteiger partial charge in [0, 0.05) is 5.69 Å². The molecule has 0 saturated carbocycles. The fourth-order valence-electron chi connectivity index (χ4n) is 2.15. The van der Waals surface area contributed by atoms with E-state index < -0.39 is 24.4 Å². The third-order valence-electron chi connectivity index (χ3n) is 3.54. The standard InChI is InChI=1S/C19H19ClN2O4/c1-12-7-8-13(2)16(9-12)22-17(23)11-26-18(24)10-21-19(25)14-5-3-4-6-15(14)20/h3-9H,10-11H2,1-2H3,(H,21,25)(H,22,23). The van der Waals surface area contributed by atoms with Crippen molar-refractivity contribution < 1.29 is 19.1 Å². The van der Waals surface area contributed by atoms with Gasteiger partial charge >= 0.3 is 5.97 Å². The van der Waals surface area contributed by atoms with Gasteiger partial charge < -0.3 is 15.4 Å². The number of ether oxygens (including phenoxy) is 1. The molecule has 2 aromatic rings. The Morgan fingerprint density at radius 1 is 1.08 bits per heavy atom. The number of esters is 1. The highest BCUT2D eigenvalue weighted by molar-refractivity contribution is 6.33. The fraction of sp³-hybridized carbons (Fsp3) is 0.211. The van der Waals surface area contributed by atoms with E-state index >= 15 is 0 Å². The molecule has 0 fully saturated rings. The van der Waals surface area contributed by atoms with Crippen molar-refractivity contribution >= 4 is 35.1 Å². The van der Waals surface area contributed by atoms with E-state index in [4.69, 9.17) is 16.3 Å². The summed E-state index contributed by atoms with van der Waals surface area (Å²) in [7, 11) is 0. The summed E-state index contributed by atoms with van der Waals surface area (Å²) in [5.41, 5.74) is 2.83. The maximum absolute atomic E-state index is 11.9. The monoisotopic (exact) mass is 374 g/mol. The Morgan fingerprint density at radius 2 is 1.81 bits per heavy atom. The van der Waals surface area contributed by atoms with Crippen molar-refractivity contribution in [3.63, 3.8) is 0 Å². The van der Waals surface area contributed by atoms with Gasteiger partial charge in [-0.2, -0.15) is 0 Å². The first-order valence-corrected chi connectivity index (χ1v) is 8.30. The van der Waals surface area contributed by atoms with Gasteiger partial charge in [-0.05, 0) is 43.2 Å². The van der Waals surface area contributed by atoms with Gasteiger partial charge in [0.15, 0.2) is 6.61 Å². The van der Waals surface area contributed by atoms with E-state index in [9.17, 15) is 14.4 Å². The van der Waals surface area contributed by atoms with Gasteiger partial charge in [-0.25, -0.2) is 0 Å². The molecule has 0 aliphatic rings. The Morgan fingerprint density at radius 3 is 2.54 bits per heavy atom. The summed E-state index contributed by atoms with van der Waals surface area (Å²) in [5.74, 6) is -1.67. The molecular weight excluding hydrogens is 356 g/mol. The van der Waals surface area contributed by atoms with E-state index in [1.165, 1.54) is 0 Å². The summed E-state index contributed by atoms with van der Waals surface area (Å²) in [6.45, 7) is 2.98. The lowest BCUT2D eigenvalue weighted by Crippen LogP contribution is -2.32. The number of rotatable bonds is 6. The van der Waals surface area contributed by atoms with Crippen LogP contribution in [0.2, 0.25) is 5.02 Å². The fourth-order valence-corrected chi connectivity index (χ4v) is 2.37. The van der Waals surface area contributed by atoms with Gasteiger partial charge in [0.1, 0.15) is 6.54 Å². The Hall–Kier alpha value is -2.86. The minimum atomic E-state index is -0.721. The normalized spacial score (nSPS) is 10.1. The van der Waals surface area contributed by atoms with Gasteiger partial charge in [-0.1, -0.05) is 35.9 Å². The maximum Gasteiger partial charge on any atom is 0.325 e. The summed E-state index contributed by atoms with van der Waals surface area (Å²) in [6, 6.07) is 12.1. The second kappa shape index (κ2) is 9.01. The van der Waals surface area contributed by atoms with E-state index in [0.717, 1.165) is 11.1 Å². The van der Waals surface area contributed by atoms with Crippen LogP contribution in [0.3, 0.4) is 0 Å². The number of hydrogen-bond acceptors (Lipinski definition) is 4. The smallest absolute Gasteiger partial charge is 0.325 e. The number of carbonyl (C=O) groups excluding carboxylic acids is 3. The lowest BCUT2D eigenvalue weighted by Gasteiger charge is -2.10. The molecule has 0 radical (unpaired) electrons. The summed E-state index contributed by atoms with van der Waals surface area (Å²) >= 11 is 5.91. The molecule has 7 heteroatoms. The largest absolute Gasteiger partial charge is 0.454 e. The molecule has 2 aromatic carbocycles. The predicted octanol–water partition coefficient (Wildman–Crippen LogP) is 2.87. The van der Waals surface area contributed by atoms with Crippen LogP contribution in [0.5, 0.6) is 0 Å². The zero-order chi connectivity index (χ0) is 19.1. The molecule has 136 valence electrons. The molecule has 2 rings (SSSR count). The zero-order valence-electron chi connectivity index (χ0n) is 14.5. The average Bonchev–Trinajstić information content (AvgIpc) is 2.61. The predicted molar refractivity (Wildman–Crippen MR) is 99.3 cm³/mol. The van der Waals surface area contributed by atoms with Crippen molar-refractivity contribution in [3.8, 4) is 0 Å². The van der Waals surface area contributed by atoms with Gasteiger partial charge in [0.05, 0.1) is 10.6 Å². The highest BCUT2D eigenvalue weighted by Gasteiger charge is 2.13. The van der Waals surface area contributed by atoms with E-state index in [2.05, 4.69) is 10.6 Å². The molecule has 0 bridgehead atoms. The van der Waals surface area contributed by atoms with E-state index in [1.807, 2.05) is 32.0 Å². The van der Waals surface area contributed by atoms with Crippen LogP contribution >= 0.6 is 11.6 Å². The molecule has 0 aromatic heterocycles. The van der Waals surface area contributed by atoms with Crippen molar-refractivity contribution in [2.45, 2.75) is 13.8 Å². The number of aryl methyl sites for hydroxylation is 2. The molecule has 2 N–H and O–H groups in total. The molecular formula is C19H19ClN2O4. The van der Waals surface area contributed by atoms with Crippen LogP contribution in [0.15, 0.2) is 42.5 Å². The number of benzene rings is 2. The molecule has 0 aliphatic carbocycles. The number of hydrogen-bond donors (Lipinski definition) is 2. The second-order valence-corrected chi connectivity index (χ2v) is 6.10. The Bertz CT molecular complexity index is 836. The quantitative estimate of drug-likeness (QED) is 0.761. The van der Waals surface area contributed by atoms with Crippen LogP contribution in [0.25, 0.3) is 0 Å². The number of halogens is 1. The Balaban J connectivity index is 1.78. The van der Waals surface area contributed by atoms with Crippen LogP contribution in [-0.4, -0.2) is 30.9 Å². The van der Waals surface area contributed by atoms with E-state index in [0.29, 0.717) is 5.69 Å². The zero-order valence-corrected chi connectivity index (χ0v) is 15.2. The van der Waals surface area contributed by atoms with Crippen molar-refractivity contribution in [2.24, 2.45) is 0 Å².